The van der Waals surface area contributed by atoms with Gasteiger partial charge in [0.15, 0.2) is 0 Å². The van der Waals surface area contributed by atoms with Gasteiger partial charge in [0.2, 0.25) is 11.8 Å². The van der Waals surface area contributed by atoms with Crippen molar-refractivity contribution >= 4 is 46.0 Å². The maximum absolute atomic E-state index is 14.0. The topological polar surface area (TPSA) is 71.8 Å². The van der Waals surface area contributed by atoms with Crippen LogP contribution >= 0.6 is 11.6 Å². The SMILES string of the molecule is COC(=O)c1ccc2c(C3CCCCC3)c3n(c2c1)CC(=O)N(CC(=O)N1CCCCC1)c1cc(Cl)ccc1-3. The third-order valence-corrected chi connectivity index (χ3v) is 8.88. The highest BCUT2D eigenvalue weighted by Crippen LogP contribution is 2.48. The van der Waals surface area contributed by atoms with Crippen LogP contribution in [0.1, 0.15) is 73.2 Å². The first-order chi connectivity index (χ1) is 19.0. The van der Waals surface area contributed by atoms with E-state index < -0.39 is 5.97 Å². The fourth-order valence-corrected chi connectivity index (χ4v) is 6.88. The number of halogens is 1. The quantitative estimate of drug-likeness (QED) is 0.367. The number of fused-ring (bicyclic) bond motifs is 5. The van der Waals surface area contributed by atoms with E-state index in [4.69, 9.17) is 16.3 Å². The molecule has 3 aromatic rings. The molecule has 1 saturated heterocycles. The van der Waals surface area contributed by atoms with E-state index in [9.17, 15) is 14.4 Å². The summed E-state index contributed by atoms with van der Waals surface area (Å²) >= 11 is 6.50. The number of rotatable bonds is 4. The van der Waals surface area contributed by atoms with Crippen LogP contribution in [0.15, 0.2) is 36.4 Å². The Labute approximate surface area is 233 Å². The Balaban J connectivity index is 1.54. The van der Waals surface area contributed by atoms with Gasteiger partial charge in [-0.05, 0) is 73.9 Å². The Morgan fingerprint density at radius 1 is 0.974 bits per heavy atom. The molecule has 0 spiro atoms. The third-order valence-electron chi connectivity index (χ3n) is 8.64. The summed E-state index contributed by atoms with van der Waals surface area (Å²) in [7, 11) is 1.37. The average Bonchev–Trinajstić information content (AvgIpc) is 3.23. The number of carbonyl (C=O) groups excluding carboxylic acids is 3. The number of nitrogens with zero attached hydrogens (tertiary/aromatic N) is 3. The zero-order chi connectivity index (χ0) is 27.1. The number of likely N-dealkylation sites (tertiary alicyclic amines) is 1. The lowest BCUT2D eigenvalue weighted by Crippen LogP contribution is -2.45. The first-order valence-corrected chi connectivity index (χ1v) is 14.5. The van der Waals surface area contributed by atoms with E-state index >= 15 is 0 Å². The zero-order valence-electron chi connectivity index (χ0n) is 22.4. The van der Waals surface area contributed by atoms with Gasteiger partial charge in [-0.25, -0.2) is 4.79 Å². The van der Waals surface area contributed by atoms with Gasteiger partial charge in [0.25, 0.3) is 0 Å². The molecule has 204 valence electrons. The molecule has 0 bridgehead atoms. The van der Waals surface area contributed by atoms with E-state index in [0.29, 0.717) is 22.2 Å². The molecule has 1 aromatic heterocycles. The molecule has 8 heteroatoms. The fraction of sp³-hybridized carbons (Fsp3) is 0.452. The largest absolute Gasteiger partial charge is 0.465 e. The predicted octanol–water partition coefficient (Wildman–Crippen LogP) is 6.16. The normalized spacial score (nSPS) is 18.1. The Kier molecular flexibility index (Phi) is 7.10. The van der Waals surface area contributed by atoms with Crippen LogP contribution in [0.2, 0.25) is 5.02 Å². The molecule has 1 saturated carbocycles. The number of carbonyl (C=O) groups is 3. The van der Waals surface area contributed by atoms with E-state index in [-0.39, 0.29) is 24.9 Å². The lowest BCUT2D eigenvalue weighted by Gasteiger charge is -2.30. The molecule has 3 aliphatic rings. The van der Waals surface area contributed by atoms with Crippen molar-refractivity contribution in [3.05, 3.63) is 52.5 Å². The summed E-state index contributed by atoms with van der Waals surface area (Å²) in [5.41, 5.74) is 5.07. The second-order valence-corrected chi connectivity index (χ2v) is 11.4. The van der Waals surface area contributed by atoms with Crippen LogP contribution in [0.25, 0.3) is 22.2 Å². The summed E-state index contributed by atoms with van der Waals surface area (Å²) in [6.45, 7) is 1.52. The van der Waals surface area contributed by atoms with E-state index in [2.05, 4.69) is 0 Å². The summed E-state index contributed by atoms with van der Waals surface area (Å²) in [6.07, 6.45) is 8.84. The van der Waals surface area contributed by atoms with Gasteiger partial charge >= 0.3 is 5.97 Å². The van der Waals surface area contributed by atoms with Gasteiger partial charge in [-0.15, -0.1) is 0 Å². The Bertz CT molecular complexity index is 1450. The molecular weight excluding hydrogens is 514 g/mol. The Hall–Kier alpha value is -3.32. The number of anilines is 1. The van der Waals surface area contributed by atoms with E-state index in [1.807, 2.05) is 45.9 Å². The van der Waals surface area contributed by atoms with Gasteiger partial charge in [0.05, 0.1) is 29.6 Å². The van der Waals surface area contributed by atoms with Crippen molar-refractivity contribution in [2.45, 2.75) is 63.8 Å². The minimum Gasteiger partial charge on any atom is -0.465 e. The van der Waals surface area contributed by atoms with Crippen molar-refractivity contribution in [3.8, 4) is 11.3 Å². The van der Waals surface area contributed by atoms with Crippen molar-refractivity contribution in [3.63, 3.8) is 0 Å². The highest BCUT2D eigenvalue weighted by molar-refractivity contribution is 6.31. The zero-order valence-corrected chi connectivity index (χ0v) is 23.1. The number of amides is 2. The molecule has 2 amide bonds. The first-order valence-electron chi connectivity index (χ1n) is 14.1. The second-order valence-electron chi connectivity index (χ2n) is 11.0. The van der Waals surface area contributed by atoms with Crippen LogP contribution in [-0.2, 0) is 20.9 Å². The van der Waals surface area contributed by atoms with Gasteiger partial charge in [-0.3, -0.25) is 9.59 Å². The minimum atomic E-state index is -0.410. The number of ether oxygens (including phenoxy) is 1. The highest BCUT2D eigenvalue weighted by atomic mass is 35.5. The summed E-state index contributed by atoms with van der Waals surface area (Å²) < 4.78 is 7.05. The van der Waals surface area contributed by atoms with Crippen LogP contribution in [0, 0.1) is 0 Å². The van der Waals surface area contributed by atoms with Crippen molar-refractivity contribution in [1.29, 1.82) is 0 Å². The minimum absolute atomic E-state index is 0.0128. The maximum Gasteiger partial charge on any atom is 0.337 e. The number of esters is 1. The summed E-state index contributed by atoms with van der Waals surface area (Å²) in [6, 6.07) is 11.3. The first kappa shape index (κ1) is 25.9. The smallest absolute Gasteiger partial charge is 0.337 e. The van der Waals surface area contributed by atoms with E-state index in [0.717, 1.165) is 67.4 Å². The predicted molar refractivity (Wildman–Crippen MR) is 152 cm³/mol. The number of piperidine rings is 1. The summed E-state index contributed by atoms with van der Waals surface area (Å²) in [4.78, 5) is 43.3. The molecule has 7 nitrogen and oxygen atoms in total. The van der Waals surface area contributed by atoms with Crippen LogP contribution in [0.3, 0.4) is 0 Å². The van der Waals surface area contributed by atoms with Gasteiger partial charge in [0, 0.05) is 29.1 Å². The molecule has 6 rings (SSSR count). The van der Waals surface area contributed by atoms with Gasteiger partial charge in [-0.1, -0.05) is 36.9 Å². The summed E-state index contributed by atoms with van der Waals surface area (Å²) in [5, 5.41) is 1.59. The maximum atomic E-state index is 14.0. The summed E-state index contributed by atoms with van der Waals surface area (Å²) in [5.74, 6) is -0.265. The Morgan fingerprint density at radius 2 is 1.72 bits per heavy atom. The van der Waals surface area contributed by atoms with Gasteiger partial charge < -0.3 is 19.1 Å². The lowest BCUT2D eigenvalue weighted by atomic mass is 9.81. The van der Waals surface area contributed by atoms with Crippen molar-refractivity contribution in [1.82, 2.24) is 9.47 Å². The standard InChI is InChI=1S/C31H34ClN3O4/c1-39-31(38)21-10-12-23-25(16-21)35-19-28(37)34(18-27(36)33-14-6-3-7-15-33)26-17-22(32)11-13-24(26)30(35)29(23)20-8-4-2-5-9-20/h10-13,16-17,20H,2-9,14-15,18-19H2,1H3. The lowest BCUT2D eigenvalue weighted by molar-refractivity contribution is -0.132. The van der Waals surface area contributed by atoms with Crippen LogP contribution in [-0.4, -0.2) is 54.0 Å². The monoisotopic (exact) mass is 547 g/mol. The van der Waals surface area contributed by atoms with E-state index in [1.54, 1.807) is 4.90 Å². The number of benzene rings is 2. The van der Waals surface area contributed by atoms with E-state index in [1.165, 1.54) is 31.9 Å². The molecule has 3 heterocycles. The number of hydrogen-bond acceptors (Lipinski definition) is 4. The fourth-order valence-electron chi connectivity index (χ4n) is 6.72. The molecule has 2 aliphatic heterocycles. The molecule has 1 aliphatic carbocycles. The van der Waals surface area contributed by atoms with Crippen LogP contribution < -0.4 is 4.90 Å². The average molecular weight is 548 g/mol. The van der Waals surface area contributed by atoms with Crippen molar-refractivity contribution < 1.29 is 19.1 Å². The number of methoxy groups -OCH3 is 1. The van der Waals surface area contributed by atoms with Crippen molar-refractivity contribution in [2.75, 3.05) is 31.6 Å². The second kappa shape index (κ2) is 10.7. The highest BCUT2D eigenvalue weighted by Gasteiger charge is 2.35. The van der Waals surface area contributed by atoms with Gasteiger partial charge in [-0.2, -0.15) is 0 Å². The Morgan fingerprint density at radius 3 is 2.46 bits per heavy atom. The number of hydrogen-bond donors (Lipinski definition) is 0. The molecule has 2 fully saturated rings. The third kappa shape index (κ3) is 4.71. The molecule has 2 aromatic carbocycles. The van der Waals surface area contributed by atoms with Gasteiger partial charge in [0.1, 0.15) is 13.1 Å². The van der Waals surface area contributed by atoms with Crippen LogP contribution in [0.5, 0.6) is 0 Å². The molecular formula is C31H34ClN3O4. The van der Waals surface area contributed by atoms with Crippen molar-refractivity contribution in [2.24, 2.45) is 0 Å². The molecule has 0 N–H and O–H groups in total. The number of aromatic nitrogens is 1. The molecule has 39 heavy (non-hydrogen) atoms. The van der Waals surface area contributed by atoms with Crippen LogP contribution in [0.4, 0.5) is 5.69 Å². The molecule has 0 radical (unpaired) electrons. The molecule has 0 unspecified atom stereocenters. The molecule has 0 atom stereocenters.